The highest BCUT2D eigenvalue weighted by Crippen LogP contribution is 2.22. The summed E-state index contributed by atoms with van der Waals surface area (Å²) in [5.41, 5.74) is -0.295. The molecule has 1 saturated heterocycles. The molecule has 19 heavy (non-hydrogen) atoms. The van der Waals surface area contributed by atoms with E-state index in [0.717, 1.165) is 6.42 Å². The molecule has 110 valence electrons. The number of amides is 2. The molecular formula is C13H24N2O4. The van der Waals surface area contributed by atoms with Crippen LogP contribution in [0.5, 0.6) is 0 Å². The van der Waals surface area contributed by atoms with E-state index in [0.29, 0.717) is 26.3 Å². The summed E-state index contributed by atoms with van der Waals surface area (Å²) in [6, 6.07) is -0.589. The molecular weight excluding hydrogens is 248 g/mol. The Bertz CT molecular complexity index is 317. The molecule has 1 fully saturated rings. The van der Waals surface area contributed by atoms with Gasteiger partial charge >= 0.3 is 12.0 Å². The van der Waals surface area contributed by atoms with Crippen molar-refractivity contribution in [1.82, 2.24) is 10.2 Å². The van der Waals surface area contributed by atoms with E-state index >= 15 is 0 Å². The molecule has 2 N–H and O–H groups in total. The molecule has 0 saturated carbocycles. The number of hydrogen-bond donors (Lipinski definition) is 2. The quantitative estimate of drug-likeness (QED) is 0.812. The molecule has 0 spiro atoms. The van der Waals surface area contributed by atoms with Crippen molar-refractivity contribution in [1.29, 1.82) is 0 Å². The van der Waals surface area contributed by atoms with Crippen LogP contribution in [0, 0.1) is 5.41 Å². The van der Waals surface area contributed by atoms with E-state index in [9.17, 15) is 9.59 Å². The molecule has 0 aromatic carbocycles. The highest BCUT2D eigenvalue weighted by molar-refractivity contribution is 5.76. The number of aliphatic carboxylic acids is 1. The lowest BCUT2D eigenvalue weighted by Crippen LogP contribution is -2.51. The normalized spacial score (nSPS) is 18.6. The van der Waals surface area contributed by atoms with Crippen LogP contribution in [0.3, 0.4) is 0 Å². The standard InChI is InChI=1S/C13H24N2O4/c1-13(2,3)10(9-11(16)17)14-12(18)15-5-4-7-19-8-6-15/h10H,4-9H2,1-3H3,(H,14,18)(H,16,17). The fourth-order valence-corrected chi connectivity index (χ4v) is 1.94. The van der Waals surface area contributed by atoms with E-state index in [1.165, 1.54) is 0 Å². The molecule has 6 nitrogen and oxygen atoms in total. The predicted molar refractivity (Wildman–Crippen MR) is 71.0 cm³/mol. The lowest BCUT2D eigenvalue weighted by atomic mass is 9.85. The van der Waals surface area contributed by atoms with Crippen molar-refractivity contribution in [3.8, 4) is 0 Å². The number of rotatable bonds is 3. The molecule has 1 atom stereocenters. The van der Waals surface area contributed by atoms with Crippen LogP contribution >= 0.6 is 0 Å². The molecule has 1 aliphatic heterocycles. The number of carboxylic acids is 1. The summed E-state index contributed by atoms with van der Waals surface area (Å²) < 4.78 is 5.30. The van der Waals surface area contributed by atoms with Crippen LogP contribution in [0.2, 0.25) is 0 Å². The van der Waals surface area contributed by atoms with Gasteiger partial charge in [0.2, 0.25) is 0 Å². The Labute approximate surface area is 114 Å². The fourth-order valence-electron chi connectivity index (χ4n) is 1.94. The first-order valence-electron chi connectivity index (χ1n) is 6.65. The van der Waals surface area contributed by atoms with Gasteiger partial charge < -0.3 is 20.1 Å². The Hall–Kier alpha value is -1.30. The van der Waals surface area contributed by atoms with Crippen molar-refractivity contribution in [2.75, 3.05) is 26.3 Å². The minimum absolute atomic E-state index is 0.0699. The molecule has 6 heteroatoms. The highest BCUT2D eigenvalue weighted by atomic mass is 16.5. The van der Waals surface area contributed by atoms with Crippen molar-refractivity contribution in [3.05, 3.63) is 0 Å². The van der Waals surface area contributed by atoms with Crippen LogP contribution in [0.25, 0.3) is 0 Å². The Morgan fingerprint density at radius 2 is 2.00 bits per heavy atom. The summed E-state index contributed by atoms with van der Waals surface area (Å²) >= 11 is 0. The molecule has 1 rings (SSSR count). The second-order valence-electron chi connectivity index (χ2n) is 5.92. The van der Waals surface area contributed by atoms with Gasteiger partial charge in [0.1, 0.15) is 0 Å². The van der Waals surface area contributed by atoms with Gasteiger partial charge in [-0.15, -0.1) is 0 Å². The largest absolute Gasteiger partial charge is 0.481 e. The van der Waals surface area contributed by atoms with Crippen molar-refractivity contribution in [3.63, 3.8) is 0 Å². The minimum Gasteiger partial charge on any atom is -0.481 e. The second kappa shape index (κ2) is 6.75. The summed E-state index contributed by atoms with van der Waals surface area (Å²) in [6.45, 7) is 8.17. The third-order valence-electron chi connectivity index (χ3n) is 3.23. The van der Waals surface area contributed by atoms with Crippen LogP contribution in [0.4, 0.5) is 4.79 Å². The summed E-state index contributed by atoms with van der Waals surface area (Å²) in [4.78, 5) is 24.7. The molecule has 0 bridgehead atoms. The molecule has 1 heterocycles. The van der Waals surface area contributed by atoms with E-state index in [4.69, 9.17) is 9.84 Å². The van der Waals surface area contributed by atoms with Crippen LogP contribution < -0.4 is 5.32 Å². The number of carboxylic acid groups (broad SMARTS) is 1. The maximum absolute atomic E-state index is 12.2. The molecule has 2 amide bonds. The average molecular weight is 272 g/mol. The van der Waals surface area contributed by atoms with E-state index < -0.39 is 5.97 Å². The summed E-state index contributed by atoms with van der Waals surface area (Å²) in [7, 11) is 0. The number of nitrogens with zero attached hydrogens (tertiary/aromatic N) is 1. The summed E-state index contributed by atoms with van der Waals surface area (Å²) in [6.07, 6.45) is 0.742. The van der Waals surface area contributed by atoms with Gasteiger partial charge in [-0.1, -0.05) is 20.8 Å². The van der Waals surface area contributed by atoms with Gasteiger partial charge in [0, 0.05) is 25.7 Å². The number of carbonyl (C=O) groups excluding carboxylic acids is 1. The Balaban J connectivity index is 2.61. The second-order valence-corrected chi connectivity index (χ2v) is 5.92. The maximum Gasteiger partial charge on any atom is 0.317 e. The van der Waals surface area contributed by atoms with E-state index in [1.807, 2.05) is 20.8 Å². The number of hydrogen-bond acceptors (Lipinski definition) is 3. The van der Waals surface area contributed by atoms with E-state index in [2.05, 4.69) is 5.32 Å². The zero-order chi connectivity index (χ0) is 14.5. The monoisotopic (exact) mass is 272 g/mol. The van der Waals surface area contributed by atoms with Gasteiger partial charge in [-0.25, -0.2) is 4.79 Å². The zero-order valence-electron chi connectivity index (χ0n) is 11.9. The van der Waals surface area contributed by atoms with Crippen LogP contribution in [-0.2, 0) is 9.53 Å². The SMILES string of the molecule is CC(C)(C)C(CC(=O)O)NC(=O)N1CCCOCC1. The average Bonchev–Trinajstić information content (AvgIpc) is 2.54. The van der Waals surface area contributed by atoms with Gasteiger partial charge in [0.15, 0.2) is 0 Å². The van der Waals surface area contributed by atoms with E-state index in [-0.39, 0.29) is 23.9 Å². The van der Waals surface area contributed by atoms with Crippen LogP contribution in [0.15, 0.2) is 0 Å². The first kappa shape index (κ1) is 15.8. The molecule has 0 aromatic rings. The highest BCUT2D eigenvalue weighted by Gasteiger charge is 2.30. The van der Waals surface area contributed by atoms with Crippen molar-refractivity contribution in [2.24, 2.45) is 5.41 Å². The van der Waals surface area contributed by atoms with Gasteiger partial charge in [0.05, 0.1) is 13.0 Å². The molecule has 0 radical (unpaired) electrons. The summed E-state index contributed by atoms with van der Waals surface area (Å²) in [5, 5.41) is 11.8. The molecule has 0 aliphatic carbocycles. The molecule has 0 aromatic heterocycles. The minimum atomic E-state index is -0.903. The zero-order valence-corrected chi connectivity index (χ0v) is 11.9. The lowest BCUT2D eigenvalue weighted by Gasteiger charge is -2.32. The van der Waals surface area contributed by atoms with Crippen LogP contribution in [0.1, 0.15) is 33.6 Å². The first-order valence-corrected chi connectivity index (χ1v) is 6.65. The number of carbonyl (C=O) groups is 2. The lowest BCUT2D eigenvalue weighted by molar-refractivity contribution is -0.138. The van der Waals surface area contributed by atoms with E-state index in [1.54, 1.807) is 4.90 Å². The summed E-state index contributed by atoms with van der Waals surface area (Å²) in [5.74, 6) is -0.903. The maximum atomic E-state index is 12.2. The van der Waals surface area contributed by atoms with Gasteiger partial charge in [0.25, 0.3) is 0 Å². The number of ether oxygens (including phenoxy) is 1. The predicted octanol–water partition coefficient (Wildman–Crippen LogP) is 1.31. The smallest absolute Gasteiger partial charge is 0.317 e. The fraction of sp³-hybridized carbons (Fsp3) is 0.846. The van der Waals surface area contributed by atoms with Crippen molar-refractivity contribution in [2.45, 2.75) is 39.7 Å². The third kappa shape index (κ3) is 5.46. The van der Waals surface area contributed by atoms with Gasteiger partial charge in [-0.2, -0.15) is 0 Å². The number of nitrogens with one attached hydrogen (secondary N) is 1. The Morgan fingerprint density at radius 1 is 1.32 bits per heavy atom. The Kier molecular flexibility index (Phi) is 5.60. The van der Waals surface area contributed by atoms with Crippen LogP contribution in [-0.4, -0.2) is 54.4 Å². The first-order chi connectivity index (χ1) is 8.80. The Morgan fingerprint density at radius 3 is 2.58 bits per heavy atom. The van der Waals surface area contributed by atoms with Gasteiger partial charge in [-0.05, 0) is 11.8 Å². The van der Waals surface area contributed by atoms with Crippen molar-refractivity contribution >= 4 is 12.0 Å². The number of urea groups is 1. The topological polar surface area (TPSA) is 78.9 Å². The molecule has 1 aliphatic rings. The third-order valence-corrected chi connectivity index (χ3v) is 3.23. The molecule has 1 unspecified atom stereocenters. The van der Waals surface area contributed by atoms with Gasteiger partial charge in [-0.3, -0.25) is 4.79 Å². The van der Waals surface area contributed by atoms with Crippen molar-refractivity contribution < 1.29 is 19.4 Å².